The molecular formula is C22H27N3O4. The Kier molecular flexibility index (Phi) is 5.65. The van der Waals surface area contributed by atoms with E-state index in [0.717, 1.165) is 17.7 Å². The van der Waals surface area contributed by atoms with E-state index < -0.39 is 24.1 Å². The number of hydrogen-bond acceptors (Lipinski definition) is 5. The van der Waals surface area contributed by atoms with Gasteiger partial charge in [0.1, 0.15) is 18.7 Å². The highest BCUT2D eigenvalue weighted by atomic mass is 16.5. The van der Waals surface area contributed by atoms with Crippen molar-refractivity contribution in [1.82, 2.24) is 10.2 Å². The topological polar surface area (TPSA) is 99.5 Å². The highest BCUT2D eigenvalue weighted by Crippen LogP contribution is 2.43. The predicted molar refractivity (Wildman–Crippen MR) is 105 cm³/mol. The Morgan fingerprint density at radius 3 is 2.55 bits per heavy atom. The van der Waals surface area contributed by atoms with Gasteiger partial charge in [0, 0.05) is 5.56 Å². The van der Waals surface area contributed by atoms with E-state index in [1.54, 1.807) is 24.3 Å². The average Bonchev–Trinajstić information content (AvgIpc) is 2.90. The minimum Gasteiger partial charge on any atom is -0.459 e. The summed E-state index contributed by atoms with van der Waals surface area (Å²) in [6.07, 6.45) is 2.89. The Morgan fingerprint density at radius 2 is 1.93 bits per heavy atom. The first kappa shape index (κ1) is 20.8. The van der Waals surface area contributed by atoms with Crippen LogP contribution in [0.1, 0.15) is 57.6 Å². The third kappa shape index (κ3) is 4.26. The van der Waals surface area contributed by atoms with Crippen molar-refractivity contribution in [3.05, 3.63) is 35.4 Å². The van der Waals surface area contributed by atoms with Crippen molar-refractivity contribution in [3.8, 4) is 6.07 Å². The number of rotatable bonds is 4. The molecule has 7 nitrogen and oxygen atoms in total. The van der Waals surface area contributed by atoms with Crippen molar-refractivity contribution >= 4 is 17.9 Å². The number of hydrogen-bond donors (Lipinski definition) is 1. The summed E-state index contributed by atoms with van der Waals surface area (Å²) in [5.41, 5.74) is 0.269. The van der Waals surface area contributed by atoms with Crippen LogP contribution < -0.4 is 5.32 Å². The maximum atomic E-state index is 13.0. The number of ether oxygens (including phenoxy) is 1. The van der Waals surface area contributed by atoms with Crippen LogP contribution >= 0.6 is 0 Å². The number of esters is 1. The zero-order valence-corrected chi connectivity index (χ0v) is 17.2. The number of urea groups is 1. The van der Waals surface area contributed by atoms with Gasteiger partial charge in [0.2, 0.25) is 0 Å². The summed E-state index contributed by atoms with van der Waals surface area (Å²) in [5.74, 6) is -0.525. The Hall–Kier alpha value is -2.88. The molecule has 1 N–H and O–H groups in total. The molecule has 0 radical (unpaired) electrons. The predicted octanol–water partition coefficient (Wildman–Crippen LogP) is 3.13. The van der Waals surface area contributed by atoms with Crippen LogP contribution in [-0.2, 0) is 20.9 Å². The summed E-state index contributed by atoms with van der Waals surface area (Å²) < 4.78 is 5.20. The van der Waals surface area contributed by atoms with Crippen LogP contribution in [0.25, 0.3) is 0 Å². The van der Waals surface area contributed by atoms with Crippen molar-refractivity contribution in [3.63, 3.8) is 0 Å². The lowest BCUT2D eigenvalue weighted by molar-refractivity contribution is -0.149. The van der Waals surface area contributed by atoms with Gasteiger partial charge < -0.3 is 10.1 Å². The van der Waals surface area contributed by atoms with Crippen molar-refractivity contribution in [2.45, 2.75) is 58.6 Å². The van der Waals surface area contributed by atoms with Gasteiger partial charge in [-0.05, 0) is 43.1 Å². The number of carbonyl (C=O) groups is 3. The van der Waals surface area contributed by atoms with E-state index in [9.17, 15) is 14.4 Å². The van der Waals surface area contributed by atoms with Gasteiger partial charge in [-0.1, -0.05) is 39.0 Å². The van der Waals surface area contributed by atoms with Crippen molar-refractivity contribution in [2.75, 3.05) is 6.54 Å². The first-order valence-corrected chi connectivity index (χ1v) is 9.94. The number of imide groups is 1. The van der Waals surface area contributed by atoms with Crippen LogP contribution in [0.2, 0.25) is 0 Å². The average molecular weight is 397 g/mol. The largest absolute Gasteiger partial charge is 0.459 e. The van der Waals surface area contributed by atoms with Gasteiger partial charge in [-0.25, -0.2) is 4.79 Å². The van der Waals surface area contributed by atoms with Gasteiger partial charge in [0.15, 0.2) is 0 Å². The second kappa shape index (κ2) is 7.86. The molecule has 1 aliphatic carbocycles. The van der Waals surface area contributed by atoms with Crippen molar-refractivity contribution in [1.29, 1.82) is 5.26 Å². The minimum absolute atomic E-state index is 0.0787. The van der Waals surface area contributed by atoms with Crippen LogP contribution in [0.15, 0.2) is 24.3 Å². The van der Waals surface area contributed by atoms with E-state index in [0.29, 0.717) is 29.9 Å². The van der Waals surface area contributed by atoms with Gasteiger partial charge in [-0.15, -0.1) is 0 Å². The zero-order chi connectivity index (χ0) is 21.2. The molecular weight excluding hydrogens is 370 g/mol. The second-order valence-corrected chi connectivity index (χ2v) is 8.97. The van der Waals surface area contributed by atoms with Gasteiger partial charge in [0.05, 0.1) is 11.6 Å². The fourth-order valence-electron chi connectivity index (χ4n) is 4.22. The molecule has 1 aromatic carbocycles. The molecule has 0 aromatic heterocycles. The van der Waals surface area contributed by atoms with E-state index in [1.807, 2.05) is 6.07 Å². The molecule has 0 bridgehead atoms. The quantitative estimate of drug-likeness (QED) is 0.621. The molecule has 3 amide bonds. The number of amides is 3. The second-order valence-electron chi connectivity index (χ2n) is 8.97. The van der Waals surface area contributed by atoms with Crippen LogP contribution in [0.3, 0.4) is 0 Å². The van der Waals surface area contributed by atoms with E-state index in [4.69, 9.17) is 10.00 Å². The summed E-state index contributed by atoms with van der Waals surface area (Å²) in [7, 11) is 0. The smallest absolute Gasteiger partial charge is 0.326 e. The Bertz CT molecular complexity index is 858. The zero-order valence-electron chi connectivity index (χ0n) is 17.2. The van der Waals surface area contributed by atoms with E-state index in [2.05, 4.69) is 26.1 Å². The van der Waals surface area contributed by atoms with Crippen molar-refractivity contribution < 1.29 is 19.1 Å². The van der Waals surface area contributed by atoms with Gasteiger partial charge in [-0.2, -0.15) is 5.26 Å². The minimum atomic E-state index is -0.896. The Balaban J connectivity index is 1.59. The highest BCUT2D eigenvalue weighted by molar-refractivity contribution is 6.08. The first-order valence-electron chi connectivity index (χ1n) is 9.94. The molecule has 0 atom stereocenters. The highest BCUT2D eigenvalue weighted by Gasteiger charge is 2.53. The number of nitriles is 1. The number of carbonyl (C=O) groups excluding carboxylic acids is 3. The molecule has 1 aliphatic heterocycles. The van der Waals surface area contributed by atoms with E-state index in [1.165, 1.54) is 0 Å². The normalized spacial score (nSPS) is 24.3. The molecule has 3 rings (SSSR count). The summed E-state index contributed by atoms with van der Waals surface area (Å²) in [5, 5.41) is 11.9. The van der Waals surface area contributed by atoms with Gasteiger partial charge in [0.25, 0.3) is 5.91 Å². The molecule has 154 valence electrons. The van der Waals surface area contributed by atoms with Crippen LogP contribution in [0.4, 0.5) is 4.79 Å². The Morgan fingerprint density at radius 1 is 1.28 bits per heavy atom. The SMILES string of the molecule is CC(C)(C)C1CCC2(CC1)NC(=O)N(CC(=O)OCc1ccccc1C#N)C2=O. The lowest BCUT2D eigenvalue weighted by atomic mass is 9.67. The maximum Gasteiger partial charge on any atom is 0.326 e. The lowest BCUT2D eigenvalue weighted by Crippen LogP contribution is -2.50. The summed E-state index contributed by atoms with van der Waals surface area (Å²) in [6.45, 7) is 6.07. The standard InChI is InChI=1S/C22H27N3O4/c1-21(2,3)17-8-10-22(11-9-17)19(27)25(20(28)24-22)13-18(26)29-14-16-7-5-4-6-15(16)12-23/h4-7,17H,8-11,13-14H2,1-3H3,(H,24,28). The van der Waals surface area contributed by atoms with E-state index >= 15 is 0 Å². The lowest BCUT2D eigenvalue weighted by Gasteiger charge is -2.40. The van der Waals surface area contributed by atoms with E-state index in [-0.39, 0.29) is 17.9 Å². The monoisotopic (exact) mass is 397 g/mol. The molecule has 1 aromatic rings. The van der Waals surface area contributed by atoms with Crippen LogP contribution in [0, 0.1) is 22.7 Å². The fraction of sp³-hybridized carbons (Fsp3) is 0.545. The molecule has 1 saturated carbocycles. The summed E-state index contributed by atoms with van der Waals surface area (Å²) >= 11 is 0. The molecule has 2 aliphatic rings. The molecule has 29 heavy (non-hydrogen) atoms. The number of nitrogens with one attached hydrogen (secondary N) is 1. The maximum absolute atomic E-state index is 13.0. The first-order chi connectivity index (χ1) is 13.7. The van der Waals surface area contributed by atoms with Gasteiger partial charge in [-0.3, -0.25) is 14.5 Å². The van der Waals surface area contributed by atoms with Crippen LogP contribution in [0.5, 0.6) is 0 Å². The number of nitrogens with zero attached hydrogens (tertiary/aromatic N) is 2. The molecule has 1 heterocycles. The van der Waals surface area contributed by atoms with Crippen molar-refractivity contribution in [2.24, 2.45) is 11.3 Å². The van der Waals surface area contributed by atoms with Gasteiger partial charge >= 0.3 is 12.0 Å². The molecule has 2 fully saturated rings. The molecule has 1 spiro atoms. The summed E-state index contributed by atoms with van der Waals surface area (Å²) in [4.78, 5) is 38.5. The summed E-state index contributed by atoms with van der Waals surface area (Å²) in [6, 6.07) is 8.31. The Labute approximate surface area is 171 Å². The third-order valence-electron chi connectivity index (χ3n) is 6.12. The fourth-order valence-corrected chi connectivity index (χ4v) is 4.22. The molecule has 0 unspecified atom stereocenters. The number of benzene rings is 1. The molecule has 7 heteroatoms. The van der Waals surface area contributed by atoms with Crippen LogP contribution in [-0.4, -0.2) is 34.9 Å². The third-order valence-corrected chi connectivity index (χ3v) is 6.12. The molecule has 1 saturated heterocycles.